The summed E-state index contributed by atoms with van der Waals surface area (Å²) >= 11 is 2.59. The van der Waals surface area contributed by atoms with Crippen molar-refractivity contribution in [3.05, 3.63) is 49.5 Å². The fraction of sp³-hybridized carbons (Fsp3) is 0.429. The summed E-state index contributed by atoms with van der Waals surface area (Å²) in [7, 11) is 0. The van der Waals surface area contributed by atoms with Crippen LogP contribution >= 0.6 is 22.7 Å². The molecule has 3 N–H and O–H groups in total. The molecule has 4 heterocycles. The molecule has 3 aromatic heterocycles. The monoisotopic (exact) mass is 488 g/mol. The largest absolute Gasteiger partial charge is 0.443 e. The van der Waals surface area contributed by atoms with Crippen LogP contribution < -0.4 is 16.0 Å². The van der Waals surface area contributed by atoms with Crippen molar-refractivity contribution in [1.29, 1.82) is 0 Å². The lowest BCUT2D eigenvalue weighted by Crippen LogP contribution is -2.32. The first kappa shape index (κ1) is 23.1. The van der Waals surface area contributed by atoms with Crippen LogP contribution in [0.5, 0.6) is 0 Å². The van der Waals surface area contributed by atoms with Crippen molar-refractivity contribution in [1.82, 2.24) is 30.9 Å². The van der Waals surface area contributed by atoms with Crippen molar-refractivity contribution in [2.45, 2.75) is 52.7 Å². The quantitative estimate of drug-likeness (QED) is 0.477. The number of carbonyl (C=O) groups excluding carboxylic acids is 3. The third-order valence-electron chi connectivity index (χ3n) is 5.19. The zero-order valence-corrected chi connectivity index (χ0v) is 20.4. The van der Waals surface area contributed by atoms with E-state index in [0.29, 0.717) is 15.8 Å². The first-order valence-corrected chi connectivity index (χ1v) is 12.2. The predicted octanol–water partition coefficient (Wildman–Crippen LogP) is 3.32. The average molecular weight is 489 g/mol. The van der Waals surface area contributed by atoms with Crippen LogP contribution in [0.1, 0.15) is 99.0 Å². The summed E-state index contributed by atoms with van der Waals surface area (Å²) in [5.41, 5.74) is 0.615. The molecule has 0 saturated heterocycles. The number of amides is 3. The average Bonchev–Trinajstić information content (AvgIpc) is 3.50. The molecule has 33 heavy (non-hydrogen) atoms. The fourth-order valence-corrected chi connectivity index (χ4v) is 5.15. The van der Waals surface area contributed by atoms with E-state index < -0.39 is 23.9 Å². The maximum atomic E-state index is 12.9. The second-order valence-corrected chi connectivity index (χ2v) is 9.96. The molecule has 174 valence electrons. The number of hydrogen-bond donors (Lipinski definition) is 3. The van der Waals surface area contributed by atoms with Crippen LogP contribution in [-0.2, 0) is 0 Å². The molecule has 10 nitrogen and oxygen atoms in total. The highest BCUT2D eigenvalue weighted by Crippen LogP contribution is 2.27. The third kappa shape index (κ3) is 4.67. The van der Waals surface area contributed by atoms with Gasteiger partial charge in [-0.15, -0.1) is 22.7 Å². The summed E-state index contributed by atoms with van der Waals surface area (Å²) in [4.78, 5) is 51.6. The number of nitrogens with zero attached hydrogens (tertiary/aromatic N) is 3. The highest BCUT2D eigenvalue weighted by Gasteiger charge is 2.28. The maximum Gasteiger partial charge on any atom is 0.274 e. The Balaban J connectivity index is 1.74. The molecule has 1 aliphatic heterocycles. The number of fused-ring (bicyclic) bond motifs is 6. The molecule has 3 atom stereocenters. The van der Waals surface area contributed by atoms with Crippen molar-refractivity contribution in [3.63, 3.8) is 0 Å². The van der Waals surface area contributed by atoms with Crippen molar-refractivity contribution in [3.8, 4) is 0 Å². The first-order chi connectivity index (χ1) is 15.6. The molecule has 1 aliphatic rings. The van der Waals surface area contributed by atoms with Gasteiger partial charge in [0.2, 0.25) is 5.89 Å². The first-order valence-electron chi connectivity index (χ1n) is 10.4. The summed E-state index contributed by atoms with van der Waals surface area (Å²) in [5, 5.41) is 13.1. The van der Waals surface area contributed by atoms with E-state index >= 15 is 0 Å². The number of oxazole rings is 1. The number of aryl methyl sites for hydroxylation is 1. The van der Waals surface area contributed by atoms with E-state index in [1.807, 2.05) is 13.8 Å². The molecule has 0 aliphatic carbocycles. The fourth-order valence-electron chi connectivity index (χ4n) is 3.33. The zero-order chi connectivity index (χ0) is 23.9. The van der Waals surface area contributed by atoms with Crippen LogP contribution in [0.4, 0.5) is 0 Å². The number of thiazole rings is 2. The van der Waals surface area contributed by atoms with E-state index in [4.69, 9.17) is 4.42 Å². The van der Waals surface area contributed by atoms with E-state index in [-0.39, 0.29) is 40.8 Å². The van der Waals surface area contributed by atoms with Gasteiger partial charge in [0.05, 0.1) is 12.1 Å². The van der Waals surface area contributed by atoms with Gasteiger partial charge in [-0.2, -0.15) is 0 Å². The maximum absolute atomic E-state index is 12.9. The molecule has 3 unspecified atom stereocenters. The Hall–Kier alpha value is -3.12. The van der Waals surface area contributed by atoms with Gasteiger partial charge in [-0.1, -0.05) is 13.8 Å². The topological polar surface area (TPSA) is 139 Å². The van der Waals surface area contributed by atoms with Crippen molar-refractivity contribution in [2.24, 2.45) is 5.92 Å². The zero-order valence-electron chi connectivity index (χ0n) is 18.8. The highest BCUT2D eigenvalue weighted by molar-refractivity contribution is 7.10. The van der Waals surface area contributed by atoms with Crippen LogP contribution in [0.2, 0.25) is 0 Å². The van der Waals surface area contributed by atoms with Gasteiger partial charge < -0.3 is 20.4 Å². The van der Waals surface area contributed by atoms with Gasteiger partial charge in [0.1, 0.15) is 33.2 Å². The second-order valence-electron chi connectivity index (χ2n) is 8.18. The molecule has 0 fully saturated rings. The van der Waals surface area contributed by atoms with E-state index in [1.54, 1.807) is 31.5 Å². The minimum absolute atomic E-state index is 0.0329. The molecular formula is C21H24N6O4S2. The van der Waals surface area contributed by atoms with Gasteiger partial charge in [0.15, 0.2) is 5.69 Å². The Kier molecular flexibility index (Phi) is 6.30. The Morgan fingerprint density at radius 1 is 0.848 bits per heavy atom. The summed E-state index contributed by atoms with van der Waals surface area (Å²) in [6.07, 6.45) is 0. The molecular weight excluding hydrogens is 464 g/mol. The third-order valence-corrected chi connectivity index (χ3v) is 7.15. The molecule has 0 aromatic carbocycles. The molecule has 3 aromatic rings. The van der Waals surface area contributed by atoms with E-state index in [0.717, 1.165) is 0 Å². The number of aromatic nitrogens is 3. The van der Waals surface area contributed by atoms with Crippen LogP contribution in [-0.4, -0.2) is 32.7 Å². The smallest absolute Gasteiger partial charge is 0.274 e. The minimum Gasteiger partial charge on any atom is -0.443 e. The SMILES string of the molecule is Cc1oc2nc1C(=O)NC(C)c1nc(cs1)C(=O)NC(C(C)C)c1nc(cs1)C(=O)NC2C. The molecule has 0 radical (unpaired) electrons. The van der Waals surface area contributed by atoms with Crippen LogP contribution in [0.25, 0.3) is 0 Å². The predicted molar refractivity (Wildman–Crippen MR) is 122 cm³/mol. The summed E-state index contributed by atoms with van der Waals surface area (Å²) in [6.45, 7) is 9.06. The molecule has 3 amide bonds. The van der Waals surface area contributed by atoms with Gasteiger partial charge in [0, 0.05) is 10.8 Å². The lowest BCUT2D eigenvalue weighted by Gasteiger charge is -2.19. The van der Waals surface area contributed by atoms with Crippen molar-refractivity contribution in [2.75, 3.05) is 0 Å². The van der Waals surface area contributed by atoms with Crippen molar-refractivity contribution >= 4 is 40.4 Å². The minimum atomic E-state index is -0.582. The van der Waals surface area contributed by atoms with E-state index in [2.05, 4.69) is 30.9 Å². The van der Waals surface area contributed by atoms with Crippen LogP contribution in [0, 0.1) is 12.8 Å². The number of hydrogen-bond acceptors (Lipinski definition) is 9. The van der Waals surface area contributed by atoms with Gasteiger partial charge >= 0.3 is 0 Å². The Morgan fingerprint density at radius 3 is 2.09 bits per heavy atom. The van der Waals surface area contributed by atoms with Crippen LogP contribution in [0.3, 0.4) is 0 Å². The number of rotatable bonds is 1. The molecule has 4 rings (SSSR count). The number of nitrogens with one attached hydrogen (secondary N) is 3. The highest BCUT2D eigenvalue weighted by atomic mass is 32.1. The van der Waals surface area contributed by atoms with Gasteiger partial charge in [-0.05, 0) is 26.7 Å². The van der Waals surface area contributed by atoms with Crippen LogP contribution in [0.15, 0.2) is 15.2 Å². The second kappa shape index (κ2) is 9.02. The number of carbonyl (C=O) groups is 3. The van der Waals surface area contributed by atoms with E-state index in [1.165, 1.54) is 22.7 Å². The summed E-state index contributed by atoms with van der Waals surface area (Å²) in [5.74, 6) is -0.588. The lowest BCUT2D eigenvalue weighted by atomic mass is 10.1. The Bertz CT molecular complexity index is 1210. The molecule has 6 bridgehead atoms. The lowest BCUT2D eigenvalue weighted by molar-refractivity contribution is 0.0919. The molecule has 12 heteroatoms. The molecule has 0 spiro atoms. The van der Waals surface area contributed by atoms with Gasteiger partial charge in [-0.25, -0.2) is 15.0 Å². The van der Waals surface area contributed by atoms with E-state index in [9.17, 15) is 14.4 Å². The summed E-state index contributed by atoms with van der Waals surface area (Å²) < 4.78 is 5.65. The summed E-state index contributed by atoms with van der Waals surface area (Å²) in [6, 6.07) is -1.41. The Morgan fingerprint density at radius 2 is 1.42 bits per heavy atom. The van der Waals surface area contributed by atoms with Gasteiger partial charge in [0.25, 0.3) is 17.7 Å². The van der Waals surface area contributed by atoms with Crippen molar-refractivity contribution < 1.29 is 18.8 Å². The van der Waals surface area contributed by atoms with Gasteiger partial charge in [-0.3, -0.25) is 14.4 Å². The standard InChI is InChI=1S/C21H24N6O4S2/c1-8(2)14-21-25-12(7-33-21)16(28)22-9(3)19-27-15(11(5)31-19)18(30)23-10(4)20-24-13(6-32-20)17(29)26-14/h6-10,14H,1-5H3,(H,22,28)(H,23,30)(H,26,29). The molecule has 0 saturated carbocycles. The Labute approximate surface area is 198 Å². The normalized spacial score (nSPS) is 21.8.